The average Bonchev–Trinajstić information content (AvgIpc) is 3.76. The lowest BCUT2D eigenvalue weighted by Gasteiger charge is -2.13. The van der Waals surface area contributed by atoms with Gasteiger partial charge in [0.1, 0.15) is 4.83 Å². The Morgan fingerprint density at radius 1 is 0.435 bits per heavy atom. The fraction of sp³-hybridized carbons (Fsp3) is 0. The van der Waals surface area contributed by atoms with Crippen molar-refractivity contribution in [1.82, 2.24) is 14.5 Å². The van der Waals surface area contributed by atoms with E-state index in [2.05, 4.69) is 144 Å². The number of rotatable bonds is 2. The van der Waals surface area contributed by atoms with Crippen molar-refractivity contribution in [3.05, 3.63) is 140 Å². The summed E-state index contributed by atoms with van der Waals surface area (Å²) in [4.78, 5) is 11.9. The Labute approximate surface area is 267 Å². The van der Waals surface area contributed by atoms with Crippen LogP contribution < -0.4 is 0 Å². The smallest absolute Gasteiger partial charge is 0.163 e. The van der Waals surface area contributed by atoms with Gasteiger partial charge in [-0.25, -0.2) is 9.97 Å². The summed E-state index contributed by atoms with van der Waals surface area (Å²) in [5.74, 6) is 1.67. The van der Waals surface area contributed by atoms with Crippen LogP contribution in [0.15, 0.2) is 140 Å². The first-order valence-corrected chi connectivity index (χ1v) is 16.4. The number of aromatic nitrogens is 3. The molecule has 1 aliphatic carbocycles. The highest BCUT2D eigenvalue weighted by Gasteiger charge is 2.25. The molecule has 0 N–H and O–H groups in total. The molecule has 3 aromatic heterocycles. The van der Waals surface area contributed by atoms with Crippen LogP contribution in [0.2, 0.25) is 0 Å². The maximum atomic E-state index is 5.55. The zero-order valence-electron chi connectivity index (χ0n) is 24.5. The molecule has 0 saturated heterocycles. The molecule has 0 radical (unpaired) electrons. The third-order valence-corrected chi connectivity index (χ3v) is 10.8. The molecule has 0 amide bonds. The lowest BCUT2D eigenvalue weighted by molar-refractivity contribution is 1.08. The highest BCUT2D eigenvalue weighted by Crippen LogP contribution is 2.49. The van der Waals surface area contributed by atoms with Crippen molar-refractivity contribution in [1.29, 1.82) is 0 Å². The molecule has 0 aliphatic heterocycles. The summed E-state index contributed by atoms with van der Waals surface area (Å²) in [6.45, 7) is 0. The van der Waals surface area contributed by atoms with Gasteiger partial charge in [0.2, 0.25) is 0 Å². The molecule has 0 unspecified atom stereocenters. The van der Waals surface area contributed by atoms with Gasteiger partial charge in [-0.15, -0.1) is 11.3 Å². The summed E-state index contributed by atoms with van der Waals surface area (Å²) >= 11 is 1.74. The minimum atomic E-state index is 0.750. The van der Waals surface area contributed by atoms with Crippen LogP contribution in [0.25, 0.3) is 103 Å². The van der Waals surface area contributed by atoms with Gasteiger partial charge < -0.3 is 0 Å². The van der Waals surface area contributed by atoms with Crippen molar-refractivity contribution in [2.24, 2.45) is 0 Å². The molecule has 46 heavy (non-hydrogen) atoms. The zero-order chi connectivity index (χ0) is 29.9. The van der Waals surface area contributed by atoms with Gasteiger partial charge in [-0.1, -0.05) is 109 Å². The van der Waals surface area contributed by atoms with Gasteiger partial charge >= 0.3 is 0 Å². The second-order valence-corrected chi connectivity index (χ2v) is 13.2. The van der Waals surface area contributed by atoms with Gasteiger partial charge in [-0.3, -0.25) is 4.57 Å². The van der Waals surface area contributed by atoms with E-state index in [0.717, 1.165) is 38.5 Å². The molecule has 212 valence electrons. The molecule has 7 aromatic carbocycles. The molecule has 3 heterocycles. The van der Waals surface area contributed by atoms with Crippen LogP contribution >= 0.6 is 11.3 Å². The van der Waals surface area contributed by atoms with E-state index in [9.17, 15) is 0 Å². The van der Waals surface area contributed by atoms with Crippen molar-refractivity contribution in [3.8, 4) is 39.5 Å². The van der Waals surface area contributed by atoms with E-state index >= 15 is 0 Å². The quantitative estimate of drug-likeness (QED) is 0.197. The van der Waals surface area contributed by atoms with Crippen molar-refractivity contribution in [2.75, 3.05) is 0 Å². The molecular formula is C42H23N3S. The summed E-state index contributed by atoms with van der Waals surface area (Å²) in [6, 6.07) is 50.5. The van der Waals surface area contributed by atoms with Gasteiger partial charge in [-0.05, 0) is 74.1 Å². The number of benzene rings is 7. The van der Waals surface area contributed by atoms with E-state index in [4.69, 9.17) is 9.97 Å². The highest BCUT2D eigenvalue weighted by atomic mass is 32.1. The average molecular weight is 602 g/mol. The first-order chi connectivity index (χ1) is 22.8. The third kappa shape index (κ3) is 3.16. The van der Waals surface area contributed by atoms with Crippen molar-refractivity contribution in [2.45, 2.75) is 0 Å². The number of para-hydroxylation sites is 1. The van der Waals surface area contributed by atoms with Crippen molar-refractivity contribution >= 4 is 75.0 Å². The summed E-state index contributed by atoms with van der Waals surface area (Å²) in [6.07, 6.45) is 0. The van der Waals surface area contributed by atoms with E-state index in [0.29, 0.717) is 0 Å². The molecule has 1 aliphatic rings. The van der Waals surface area contributed by atoms with Gasteiger partial charge in [0, 0.05) is 26.4 Å². The maximum absolute atomic E-state index is 5.55. The molecule has 4 heteroatoms. The highest BCUT2D eigenvalue weighted by molar-refractivity contribution is 7.25. The molecule has 3 nitrogen and oxygen atoms in total. The fourth-order valence-electron chi connectivity index (χ4n) is 7.77. The summed E-state index contributed by atoms with van der Waals surface area (Å²) in [5.41, 5.74) is 8.49. The van der Waals surface area contributed by atoms with Gasteiger partial charge in [0.05, 0.1) is 16.4 Å². The number of thiophene rings is 1. The largest absolute Gasteiger partial charge is 0.293 e. The van der Waals surface area contributed by atoms with Gasteiger partial charge in [-0.2, -0.15) is 0 Å². The maximum Gasteiger partial charge on any atom is 0.163 e. The fourth-order valence-corrected chi connectivity index (χ4v) is 8.84. The zero-order valence-corrected chi connectivity index (χ0v) is 25.3. The molecule has 0 saturated carbocycles. The van der Waals surface area contributed by atoms with E-state index in [1.807, 2.05) is 0 Å². The normalized spacial score (nSPS) is 12.3. The lowest BCUT2D eigenvalue weighted by atomic mass is 9.98. The van der Waals surface area contributed by atoms with Crippen molar-refractivity contribution in [3.63, 3.8) is 0 Å². The van der Waals surface area contributed by atoms with Crippen LogP contribution in [0.3, 0.4) is 0 Å². The number of fused-ring (bicyclic) bond motifs is 10. The topological polar surface area (TPSA) is 30.7 Å². The molecule has 0 spiro atoms. The second kappa shape index (κ2) is 8.87. The molecule has 10 aromatic rings. The Kier molecular flexibility index (Phi) is 4.72. The first-order valence-electron chi connectivity index (χ1n) is 15.6. The van der Waals surface area contributed by atoms with E-state index in [1.54, 1.807) is 11.3 Å². The Bertz CT molecular complexity index is 2900. The van der Waals surface area contributed by atoms with Crippen LogP contribution in [0.4, 0.5) is 0 Å². The molecule has 0 fully saturated rings. The van der Waals surface area contributed by atoms with E-state index in [-0.39, 0.29) is 0 Å². The van der Waals surface area contributed by atoms with Gasteiger partial charge in [0.15, 0.2) is 11.6 Å². The second-order valence-electron chi connectivity index (χ2n) is 12.2. The third-order valence-electron chi connectivity index (χ3n) is 9.76. The van der Waals surface area contributed by atoms with Crippen LogP contribution in [-0.2, 0) is 0 Å². The molecule has 11 rings (SSSR count). The summed E-state index contributed by atoms with van der Waals surface area (Å²) in [5, 5.41) is 9.65. The SMILES string of the molecule is c1ccc2c(c1)-c1cccc3c(-c4nc(-n5c6ccccc6c6cc7ccccc7cc65)c5c(n4)sc4ccccc45)ccc-2c13. The lowest BCUT2D eigenvalue weighted by Crippen LogP contribution is -2.02. The minimum absolute atomic E-state index is 0.750. The first kappa shape index (κ1) is 24.5. The van der Waals surface area contributed by atoms with Crippen LogP contribution in [0.5, 0.6) is 0 Å². The number of hydrogen-bond acceptors (Lipinski definition) is 3. The van der Waals surface area contributed by atoms with Crippen LogP contribution in [0.1, 0.15) is 0 Å². The summed E-state index contributed by atoms with van der Waals surface area (Å²) < 4.78 is 3.59. The van der Waals surface area contributed by atoms with Gasteiger partial charge in [0.25, 0.3) is 0 Å². The molecule has 0 bridgehead atoms. The minimum Gasteiger partial charge on any atom is -0.293 e. The predicted molar refractivity (Wildman–Crippen MR) is 194 cm³/mol. The Morgan fingerprint density at radius 3 is 1.96 bits per heavy atom. The summed E-state index contributed by atoms with van der Waals surface area (Å²) in [7, 11) is 0. The number of nitrogens with zero attached hydrogens (tertiary/aromatic N) is 3. The monoisotopic (exact) mass is 601 g/mol. The molecular weight excluding hydrogens is 579 g/mol. The Balaban J connectivity index is 1.29. The Morgan fingerprint density at radius 2 is 1.09 bits per heavy atom. The number of hydrogen-bond donors (Lipinski definition) is 0. The standard InChI is InChI=1S/C42H23N3S/c1-2-11-25-23-36-34(22-24(25)10-1)28-14-5-7-18-35(28)45(36)41-39-33-15-6-8-19-37(33)46-42(39)44-40(43-41)32-21-20-31-27-13-4-3-12-26(27)29-16-9-17-30(32)38(29)31/h1-23H. The van der Waals surface area contributed by atoms with Crippen LogP contribution in [0, 0.1) is 0 Å². The van der Waals surface area contributed by atoms with Crippen LogP contribution in [-0.4, -0.2) is 14.5 Å². The Hall–Kier alpha value is -5.84. The molecule has 0 atom stereocenters. The van der Waals surface area contributed by atoms with E-state index < -0.39 is 0 Å². The predicted octanol–water partition coefficient (Wildman–Crippen LogP) is 11.6. The van der Waals surface area contributed by atoms with Crippen molar-refractivity contribution < 1.29 is 0 Å². The van der Waals surface area contributed by atoms with E-state index in [1.165, 1.54) is 64.7 Å².